The molecule has 0 saturated heterocycles. The molecule has 0 spiro atoms. The molecule has 0 amide bonds. The van der Waals surface area contributed by atoms with Gasteiger partial charge in [0.15, 0.2) is 5.78 Å². The van der Waals surface area contributed by atoms with Crippen molar-refractivity contribution < 1.29 is 13.9 Å². The normalized spacial score (nSPS) is 10.8. The number of benzene rings is 2. The zero-order valence-electron chi connectivity index (χ0n) is 12.6. The molecule has 1 aromatic heterocycles. The number of carbonyl (C=O) groups excluding carboxylic acids is 1. The molecule has 2 aromatic carbocycles. The van der Waals surface area contributed by atoms with Crippen LogP contribution in [0, 0.1) is 5.82 Å². The van der Waals surface area contributed by atoms with Gasteiger partial charge in [0.2, 0.25) is 0 Å². The van der Waals surface area contributed by atoms with Crippen molar-refractivity contribution in [3.8, 4) is 5.75 Å². The molecular weight excluding hydrogens is 335 g/mol. The Balaban J connectivity index is 2.01. The number of hydrogen-bond donors (Lipinski definition) is 0. The van der Waals surface area contributed by atoms with Crippen LogP contribution in [0.3, 0.4) is 0 Å². The van der Waals surface area contributed by atoms with E-state index in [0.29, 0.717) is 15.9 Å². The second kappa shape index (κ2) is 6.41. The van der Waals surface area contributed by atoms with Crippen molar-refractivity contribution in [1.29, 1.82) is 0 Å². The van der Waals surface area contributed by atoms with Crippen LogP contribution in [0.1, 0.15) is 10.4 Å². The molecule has 0 aliphatic carbocycles. The summed E-state index contributed by atoms with van der Waals surface area (Å²) in [4.78, 5) is 29.1. The van der Waals surface area contributed by atoms with Crippen LogP contribution in [0.2, 0.25) is 5.02 Å². The van der Waals surface area contributed by atoms with Gasteiger partial charge in [0.05, 0.1) is 36.4 Å². The minimum atomic E-state index is -0.560. The van der Waals surface area contributed by atoms with Gasteiger partial charge in [-0.3, -0.25) is 14.2 Å². The highest BCUT2D eigenvalue weighted by atomic mass is 35.5. The monoisotopic (exact) mass is 346 g/mol. The number of carbonyl (C=O) groups is 1. The Morgan fingerprint density at radius 1 is 1.29 bits per heavy atom. The second-order valence-electron chi connectivity index (χ2n) is 5.11. The first-order chi connectivity index (χ1) is 11.5. The average molecular weight is 347 g/mol. The van der Waals surface area contributed by atoms with Crippen molar-refractivity contribution >= 4 is 28.3 Å². The number of methoxy groups -OCH3 is 1. The fraction of sp³-hybridized carbons (Fsp3) is 0.118. The van der Waals surface area contributed by atoms with E-state index in [1.807, 2.05) is 0 Å². The Hall–Kier alpha value is -2.73. The number of fused-ring (bicyclic) bond motifs is 1. The topological polar surface area (TPSA) is 61.2 Å². The van der Waals surface area contributed by atoms with Crippen LogP contribution >= 0.6 is 11.6 Å². The first-order valence-corrected chi connectivity index (χ1v) is 7.39. The van der Waals surface area contributed by atoms with Gasteiger partial charge in [-0.1, -0.05) is 11.6 Å². The first kappa shape index (κ1) is 16.1. The van der Waals surface area contributed by atoms with Gasteiger partial charge in [-0.25, -0.2) is 9.37 Å². The number of ether oxygens (including phenoxy) is 1. The van der Waals surface area contributed by atoms with Gasteiger partial charge in [0.1, 0.15) is 11.6 Å². The average Bonchev–Trinajstić information content (AvgIpc) is 2.57. The summed E-state index contributed by atoms with van der Waals surface area (Å²) in [6, 6.07) is 8.39. The molecule has 0 fully saturated rings. The van der Waals surface area contributed by atoms with E-state index in [1.165, 1.54) is 31.6 Å². The summed E-state index contributed by atoms with van der Waals surface area (Å²) in [6.07, 6.45) is 1.28. The Kier molecular flexibility index (Phi) is 4.31. The van der Waals surface area contributed by atoms with E-state index in [4.69, 9.17) is 16.3 Å². The van der Waals surface area contributed by atoms with Crippen LogP contribution in [0.25, 0.3) is 10.9 Å². The molecule has 3 aromatic rings. The van der Waals surface area contributed by atoms with Gasteiger partial charge in [-0.15, -0.1) is 0 Å². The molecule has 122 valence electrons. The lowest BCUT2D eigenvalue weighted by Gasteiger charge is -2.09. The Labute approximate surface area is 141 Å². The molecule has 0 aliphatic heterocycles. The zero-order chi connectivity index (χ0) is 17.3. The molecule has 0 aliphatic rings. The lowest BCUT2D eigenvalue weighted by molar-refractivity contribution is 0.0967. The van der Waals surface area contributed by atoms with Crippen molar-refractivity contribution in [2.75, 3.05) is 7.11 Å². The molecule has 0 N–H and O–H groups in total. The van der Waals surface area contributed by atoms with E-state index in [9.17, 15) is 14.0 Å². The van der Waals surface area contributed by atoms with Crippen LogP contribution in [0.5, 0.6) is 5.75 Å². The molecule has 1 heterocycles. The summed E-state index contributed by atoms with van der Waals surface area (Å²) in [6.45, 7) is -0.284. The molecule has 3 rings (SSSR count). The van der Waals surface area contributed by atoms with Gasteiger partial charge >= 0.3 is 0 Å². The lowest BCUT2D eigenvalue weighted by Crippen LogP contribution is -2.25. The molecule has 0 radical (unpaired) electrons. The van der Waals surface area contributed by atoms with Crippen molar-refractivity contribution in [3.63, 3.8) is 0 Å². The third-order valence-corrected chi connectivity index (χ3v) is 3.80. The zero-order valence-corrected chi connectivity index (χ0v) is 13.4. The molecule has 0 saturated carbocycles. The SMILES string of the molecule is COc1ccc(F)cc1C(=O)Cn1cnc2ccc(Cl)cc2c1=O. The number of rotatable bonds is 4. The fourth-order valence-corrected chi connectivity index (χ4v) is 2.55. The van der Waals surface area contributed by atoms with E-state index in [1.54, 1.807) is 12.1 Å². The van der Waals surface area contributed by atoms with Crippen LogP contribution in [0.4, 0.5) is 4.39 Å². The summed E-state index contributed by atoms with van der Waals surface area (Å²) in [5.74, 6) is -0.780. The summed E-state index contributed by atoms with van der Waals surface area (Å²) in [5.41, 5.74) is 0.151. The predicted molar refractivity (Wildman–Crippen MR) is 88.3 cm³/mol. The maximum atomic E-state index is 13.4. The van der Waals surface area contributed by atoms with Gasteiger partial charge in [0, 0.05) is 5.02 Å². The molecule has 0 bridgehead atoms. The molecule has 24 heavy (non-hydrogen) atoms. The summed E-state index contributed by atoms with van der Waals surface area (Å²) in [7, 11) is 1.38. The van der Waals surface area contributed by atoms with Gasteiger partial charge in [-0.05, 0) is 36.4 Å². The second-order valence-corrected chi connectivity index (χ2v) is 5.54. The molecule has 5 nitrogen and oxygen atoms in total. The van der Waals surface area contributed by atoms with Crippen LogP contribution in [0.15, 0.2) is 47.5 Å². The van der Waals surface area contributed by atoms with Crippen molar-refractivity contribution in [2.45, 2.75) is 6.54 Å². The summed E-state index contributed by atoms with van der Waals surface area (Å²) < 4.78 is 19.6. The lowest BCUT2D eigenvalue weighted by atomic mass is 10.1. The minimum absolute atomic E-state index is 0.0654. The highest BCUT2D eigenvalue weighted by molar-refractivity contribution is 6.31. The van der Waals surface area contributed by atoms with E-state index in [0.717, 1.165) is 10.6 Å². The fourth-order valence-electron chi connectivity index (χ4n) is 2.38. The van der Waals surface area contributed by atoms with E-state index >= 15 is 0 Å². The van der Waals surface area contributed by atoms with E-state index < -0.39 is 17.2 Å². The standard InChI is InChI=1S/C17H12ClFN2O3/c1-24-16-5-3-11(19)7-13(16)15(22)8-21-9-20-14-4-2-10(18)6-12(14)17(21)23/h2-7,9H,8H2,1H3. The van der Waals surface area contributed by atoms with Gasteiger partial charge < -0.3 is 4.74 Å². The molecule has 0 unspecified atom stereocenters. The number of Topliss-reactive ketones (excluding diaryl/α,β-unsaturated/α-hetero) is 1. The van der Waals surface area contributed by atoms with Crippen molar-refractivity contribution in [1.82, 2.24) is 9.55 Å². The van der Waals surface area contributed by atoms with E-state index in [-0.39, 0.29) is 17.9 Å². The molecule has 7 heteroatoms. The molecule has 0 atom stereocenters. The number of ketones is 1. The number of aromatic nitrogens is 2. The first-order valence-electron chi connectivity index (χ1n) is 7.01. The van der Waals surface area contributed by atoms with E-state index in [2.05, 4.69) is 4.98 Å². The van der Waals surface area contributed by atoms with Crippen molar-refractivity contribution in [3.05, 3.63) is 69.5 Å². The quantitative estimate of drug-likeness (QED) is 0.681. The Bertz CT molecular complexity index is 1000. The Morgan fingerprint density at radius 2 is 2.08 bits per heavy atom. The Morgan fingerprint density at radius 3 is 2.83 bits per heavy atom. The summed E-state index contributed by atoms with van der Waals surface area (Å²) >= 11 is 5.90. The largest absolute Gasteiger partial charge is 0.496 e. The van der Waals surface area contributed by atoms with Gasteiger partial charge in [0.25, 0.3) is 5.56 Å². The smallest absolute Gasteiger partial charge is 0.261 e. The third-order valence-electron chi connectivity index (χ3n) is 3.56. The van der Waals surface area contributed by atoms with Crippen molar-refractivity contribution in [2.24, 2.45) is 0 Å². The number of hydrogen-bond acceptors (Lipinski definition) is 4. The predicted octanol–water partition coefficient (Wildman–Crippen LogP) is 3.08. The molecular formula is C17H12ClFN2O3. The number of nitrogens with zero attached hydrogens (tertiary/aromatic N) is 2. The van der Waals surface area contributed by atoms with Crippen LogP contribution < -0.4 is 10.3 Å². The summed E-state index contributed by atoms with van der Waals surface area (Å²) in [5, 5.41) is 0.710. The number of halogens is 2. The highest BCUT2D eigenvalue weighted by Gasteiger charge is 2.15. The maximum Gasteiger partial charge on any atom is 0.261 e. The van der Waals surface area contributed by atoms with Crippen LogP contribution in [-0.2, 0) is 6.54 Å². The third kappa shape index (κ3) is 3.00. The minimum Gasteiger partial charge on any atom is -0.496 e. The van der Waals surface area contributed by atoms with Gasteiger partial charge in [-0.2, -0.15) is 0 Å². The highest BCUT2D eigenvalue weighted by Crippen LogP contribution is 2.20. The maximum absolute atomic E-state index is 13.4. The van der Waals surface area contributed by atoms with Crippen LogP contribution in [-0.4, -0.2) is 22.4 Å².